The summed E-state index contributed by atoms with van der Waals surface area (Å²) in [6.07, 6.45) is 0.995. The van der Waals surface area contributed by atoms with Crippen molar-refractivity contribution in [3.05, 3.63) is 58.2 Å². The van der Waals surface area contributed by atoms with Crippen LogP contribution in [0.4, 0.5) is 9.18 Å². The van der Waals surface area contributed by atoms with Crippen molar-refractivity contribution in [1.82, 2.24) is 24.4 Å². The minimum Gasteiger partial charge on any atom is -0.444 e. The van der Waals surface area contributed by atoms with Crippen LogP contribution in [0.15, 0.2) is 35.4 Å². The van der Waals surface area contributed by atoms with Gasteiger partial charge in [0.25, 0.3) is 5.56 Å². The summed E-state index contributed by atoms with van der Waals surface area (Å²) >= 11 is 0. The molecule has 148 valence electrons. The van der Waals surface area contributed by atoms with Crippen LogP contribution in [-0.2, 0) is 17.8 Å². The molecule has 0 aliphatic carbocycles. The Bertz CT molecular complexity index is 1050. The van der Waals surface area contributed by atoms with E-state index in [4.69, 9.17) is 4.74 Å². The second-order valence-corrected chi connectivity index (χ2v) is 7.52. The second-order valence-electron chi connectivity index (χ2n) is 7.52. The molecule has 0 radical (unpaired) electrons. The second kappa shape index (κ2) is 7.41. The van der Waals surface area contributed by atoms with Crippen molar-refractivity contribution in [2.24, 2.45) is 0 Å². The number of aromatic amines is 1. The number of hydrogen-bond donors (Lipinski definition) is 1. The molecule has 9 heteroatoms. The number of amides is 1. The summed E-state index contributed by atoms with van der Waals surface area (Å²) in [7, 11) is 1.56. The van der Waals surface area contributed by atoms with Crippen molar-refractivity contribution in [2.45, 2.75) is 39.5 Å². The van der Waals surface area contributed by atoms with E-state index in [0.717, 1.165) is 5.56 Å². The maximum Gasteiger partial charge on any atom is 0.410 e. The van der Waals surface area contributed by atoms with E-state index in [2.05, 4.69) is 15.0 Å². The van der Waals surface area contributed by atoms with E-state index in [0.29, 0.717) is 17.9 Å². The zero-order valence-electron chi connectivity index (χ0n) is 16.2. The zero-order chi connectivity index (χ0) is 20.5. The summed E-state index contributed by atoms with van der Waals surface area (Å²) in [6.45, 7) is 5.76. The van der Waals surface area contributed by atoms with Gasteiger partial charge in [0.2, 0.25) is 0 Å². The number of carbonyl (C=O) groups is 1. The summed E-state index contributed by atoms with van der Waals surface area (Å²) in [5.74, 6) is -0.0182. The Balaban J connectivity index is 1.81. The molecule has 0 aliphatic rings. The van der Waals surface area contributed by atoms with Crippen LogP contribution in [0.5, 0.6) is 0 Å². The molecular weight excluding hydrogens is 365 g/mol. The average Bonchev–Trinajstić information content (AvgIpc) is 2.98. The number of rotatable bonds is 4. The van der Waals surface area contributed by atoms with E-state index in [9.17, 15) is 14.0 Å². The van der Waals surface area contributed by atoms with Crippen molar-refractivity contribution in [1.29, 1.82) is 0 Å². The highest BCUT2D eigenvalue weighted by atomic mass is 19.1. The third-order valence-corrected chi connectivity index (χ3v) is 3.89. The van der Waals surface area contributed by atoms with E-state index in [1.54, 1.807) is 44.5 Å². The lowest BCUT2D eigenvalue weighted by molar-refractivity contribution is 0.0281. The first kappa shape index (κ1) is 19.5. The normalized spacial score (nSPS) is 11.6. The average molecular weight is 387 g/mol. The van der Waals surface area contributed by atoms with Crippen molar-refractivity contribution >= 4 is 17.3 Å². The molecule has 1 amide bonds. The molecule has 0 bridgehead atoms. The van der Waals surface area contributed by atoms with Gasteiger partial charge in [-0.15, -0.1) is 0 Å². The fourth-order valence-corrected chi connectivity index (χ4v) is 2.64. The lowest BCUT2D eigenvalue weighted by Crippen LogP contribution is -2.34. The van der Waals surface area contributed by atoms with Gasteiger partial charge in [-0.1, -0.05) is 12.1 Å². The van der Waals surface area contributed by atoms with E-state index in [1.807, 2.05) is 0 Å². The van der Waals surface area contributed by atoms with Gasteiger partial charge in [-0.3, -0.25) is 4.79 Å². The van der Waals surface area contributed by atoms with Gasteiger partial charge in [0.15, 0.2) is 11.2 Å². The number of fused-ring (bicyclic) bond motifs is 1. The van der Waals surface area contributed by atoms with Crippen molar-refractivity contribution in [3.8, 4) is 0 Å². The summed E-state index contributed by atoms with van der Waals surface area (Å²) in [5.41, 5.74) is 0.437. The van der Waals surface area contributed by atoms with Crippen LogP contribution in [0.2, 0.25) is 0 Å². The largest absolute Gasteiger partial charge is 0.444 e. The Hall–Kier alpha value is -3.23. The number of aromatic nitrogens is 4. The number of benzene rings is 1. The SMILES string of the molecule is CN(Cc1nc2ncn(Cc3ccc(F)cc3)c2c(=O)[nH]1)C(=O)OC(C)(C)C. The molecule has 0 atom stereocenters. The standard InChI is InChI=1S/C19H22FN5O3/c1-19(2,3)28-18(27)24(4)10-14-22-16-15(17(26)23-14)25(11-21-16)9-12-5-7-13(20)8-6-12/h5-8,11H,9-10H2,1-4H3,(H,22,23,26). The third kappa shape index (κ3) is 4.54. The Kier molecular flexibility index (Phi) is 5.17. The molecule has 0 saturated carbocycles. The number of imidazole rings is 1. The van der Waals surface area contributed by atoms with Crippen molar-refractivity contribution in [3.63, 3.8) is 0 Å². The van der Waals surface area contributed by atoms with Crippen molar-refractivity contribution < 1.29 is 13.9 Å². The fraction of sp³-hybridized carbons (Fsp3) is 0.368. The quantitative estimate of drug-likeness (QED) is 0.743. The predicted molar refractivity (Wildman–Crippen MR) is 101 cm³/mol. The van der Waals surface area contributed by atoms with Gasteiger partial charge in [-0.25, -0.2) is 19.2 Å². The molecule has 8 nitrogen and oxygen atoms in total. The van der Waals surface area contributed by atoms with Crippen LogP contribution in [0.25, 0.3) is 11.2 Å². The first-order valence-corrected chi connectivity index (χ1v) is 8.75. The van der Waals surface area contributed by atoms with Gasteiger partial charge >= 0.3 is 6.09 Å². The minimum atomic E-state index is -0.616. The molecule has 28 heavy (non-hydrogen) atoms. The number of nitrogens with zero attached hydrogens (tertiary/aromatic N) is 4. The highest BCUT2D eigenvalue weighted by molar-refractivity contribution is 5.70. The molecule has 1 N–H and O–H groups in total. The molecule has 1 aromatic carbocycles. The van der Waals surface area contributed by atoms with Gasteiger partial charge in [0.05, 0.1) is 12.9 Å². The van der Waals surface area contributed by atoms with E-state index in [1.165, 1.54) is 23.4 Å². The minimum absolute atomic E-state index is 0.0743. The number of nitrogens with one attached hydrogen (secondary N) is 1. The molecular formula is C19H22FN5O3. The highest BCUT2D eigenvalue weighted by Crippen LogP contribution is 2.12. The summed E-state index contributed by atoms with van der Waals surface area (Å²) in [4.78, 5) is 37.2. The lowest BCUT2D eigenvalue weighted by atomic mass is 10.2. The monoisotopic (exact) mass is 387 g/mol. The number of ether oxygens (including phenoxy) is 1. The Labute approximate surface area is 161 Å². The van der Waals surface area contributed by atoms with Crippen molar-refractivity contribution in [2.75, 3.05) is 7.05 Å². The molecule has 0 aliphatic heterocycles. The van der Waals surface area contributed by atoms with E-state index < -0.39 is 11.7 Å². The van der Waals surface area contributed by atoms with Gasteiger partial charge in [0, 0.05) is 13.6 Å². The van der Waals surface area contributed by atoms with Crippen LogP contribution >= 0.6 is 0 Å². The molecule has 0 fully saturated rings. The molecule has 2 heterocycles. The van der Waals surface area contributed by atoms with Gasteiger partial charge < -0.3 is 19.2 Å². The smallest absolute Gasteiger partial charge is 0.410 e. The molecule has 3 aromatic rings. The maximum atomic E-state index is 13.1. The number of carbonyl (C=O) groups excluding carboxylic acids is 1. The predicted octanol–water partition coefficient (Wildman–Crippen LogP) is 2.67. The topological polar surface area (TPSA) is 93.1 Å². The molecule has 0 saturated heterocycles. The van der Waals surface area contributed by atoms with Gasteiger partial charge in [-0.2, -0.15) is 0 Å². The van der Waals surface area contributed by atoms with Crippen LogP contribution in [0, 0.1) is 5.82 Å². The summed E-state index contributed by atoms with van der Waals surface area (Å²) in [5, 5.41) is 0. The number of H-pyrrole nitrogens is 1. The van der Waals surface area contributed by atoms with E-state index >= 15 is 0 Å². The van der Waals surface area contributed by atoms with Crippen LogP contribution in [-0.4, -0.2) is 43.2 Å². The van der Waals surface area contributed by atoms with Gasteiger partial charge in [-0.05, 0) is 38.5 Å². The molecule has 0 spiro atoms. The number of halogens is 1. The number of hydrogen-bond acceptors (Lipinski definition) is 5. The Morgan fingerprint density at radius 2 is 1.96 bits per heavy atom. The summed E-state index contributed by atoms with van der Waals surface area (Å²) < 4.78 is 20.0. The zero-order valence-corrected chi connectivity index (χ0v) is 16.2. The van der Waals surface area contributed by atoms with E-state index in [-0.39, 0.29) is 23.6 Å². The highest BCUT2D eigenvalue weighted by Gasteiger charge is 2.21. The Morgan fingerprint density at radius 3 is 2.61 bits per heavy atom. The first-order valence-electron chi connectivity index (χ1n) is 8.75. The summed E-state index contributed by atoms with van der Waals surface area (Å²) in [6, 6.07) is 6.02. The lowest BCUT2D eigenvalue weighted by Gasteiger charge is -2.24. The first-order chi connectivity index (χ1) is 13.1. The maximum absolute atomic E-state index is 13.1. The molecule has 3 rings (SSSR count). The van der Waals surface area contributed by atoms with Gasteiger partial charge in [0.1, 0.15) is 17.2 Å². The van der Waals surface area contributed by atoms with Crippen LogP contribution < -0.4 is 5.56 Å². The third-order valence-electron chi connectivity index (χ3n) is 3.89. The van der Waals surface area contributed by atoms with Crippen LogP contribution in [0.3, 0.4) is 0 Å². The fourth-order valence-electron chi connectivity index (χ4n) is 2.64. The van der Waals surface area contributed by atoms with Crippen LogP contribution in [0.1, 0.15) is 32.2 Å². The molecule has 0 unspecified atom stereocenters. The Morgan fingerprint density at radius 1 is 1.29 bits per heavy atom. The molecule has 2 aromatic heterocycles.